The SMILES string of the molecule is C=C(C(C)=O)N1CCN(C)CC1. The molecule has 3 heteroatoms. The van der Waals surface area contributed by atoms with E-state index in [-0.39, 0.29) is 5.78 Å². The van der Waals surface area contributed by atoms with Gasteiger partial charge in [0.15, 0.2) is 5.78 Å². The Morgan fingerprint density at radius 1 is 1.25 bits per heavy atom. The van der Waals surface area contributed by atoms with Gasteiger partial charge in [-0.2, -0.15) is 0 Å². The highest BCUT2D eigenvalue weighted by atomic mass is 16.1. The lowest BCUT2D eigenvalue weighted by atomic mass is 10.2. The number of allylic oxidation sites excluding steroid dienone is 1. The van der Waals surface area contributed by atoms with Crippen molar-refractivity contribution in [1.82, 2.24) is 9.80 Å². The molecule has 0 aliphatic carbocycles. The topological polar surface area (TPSA) is 23.6 Å². The Morgan fingerprint density at radius 2 is 1.75 bits per heavy atom. The summed E-state index contributed by atoms with van der Waals surface area (Å²) in [6.45, 7) is 9.22. The number of carbonyl (C=O) groups excluding carboxylic acids is 1. The number of carbonyl (C=O) groups is 1. The molecular formula is C9H16N2O. The van der Waals surface area contributed by atoms with E-state index in [1.54, 1.807) is 6.92 Å². The second-order valence-corrected chi connectivity index (χ2v) is 3.29. The Hall–Kier alpha value is -0.830. The number of piperazine rings is 1. The molecule has 0 aromatic heterocycles. The van der Waals surface area contributed by atoms with Crippen molar-refractivity contribution < 1.29 is 4.79 Å². The summed E-state index contributed by atoms with van der Waals surface area (Å²) in [6.07, 6.45) is 0. The summed E-state index contributed by atoms with van der Waals surface area (Å²) in [6, 6.07) is 0. The Balaban J connectivity index is 2.44. The van der Waals surface area contributed by atoms with Gasteiger partial charge in [-0.25, -0.2) is 0 Å². The van der Waals surface area contributed by atoms with Crippen molar-refractivity contribution in [3.8, 4) is 0 Å². The Labute approximate surface area is 73.6 Å². The van der Waals surface area contributed by atoms with Gasteiger partial charge >= 0.3 is 0 Å². The number of nitrogens with zero attached hydrogens (tertiary/aromatic N) is 2. The highest BCUT2D eigenvalue weighted by molar-refractivity contribution is 5.91. The molecule has 0 aromatic carbocycles. The molecule has 68 valence electrons. The van der Waals surface area contributed by atoms with Crippen molar-refractivity contribution >= 4 is 5.78 Å². The van der Waals surface area contributed by atoms with Crippen LogP contribution in [0.4, 0.5) is 0 Å². The Bertz CT molecular complexity index is 193. The van der Waals surface area contributed by atoms with Crippen LogP contribution >= 0.6 is 0 Å². The second kappa shape index (κ2) is 3.72. The summed E-state index contributed by atoms with van der Waals surface area (Å²) in [7, 11) is 2.09. The van der Waals surface area contributed by atoms with Gasteiger partial charge in [-0.3, -0.25) is 4.79 Å². The van der Waals surface area contributed by atoms with E-state index in [1.807, 2.05) is 0 Å². The van der Waals surface area contributed by atoms with Crippen LogP contribution in [0, 0.1) is 0 Å². The third-order valence-corrected chi connectivity index (χ3v) is 2.29. The lowest BCUT2D eigenvalue weighted by molar-refractivity contribution is -0.115. The van der Waals surface area contributed by atoms with E-state index in [2.05, 4.69) is 23.4 Å². The van der Waals surface area contributed by atoms with Crippen molar-refractivity contribution in [2.24, 2.45) is 0 Å². The van der Waals surface area contributed by atoms with Crippen molar-refractivity contribution in [2.75, 3.05) is 33.2 Å². The molecular weight excluding hydrogens is 152 g/mol. The van der Waals surface area contributed by atoms with Gasteiger partial charge in [0.1, 0.15) is 0 Å². The second-order valence-electron chi connectivity index (χ2n) is 3.29. The van der Waals surface area contributed by atoms with Gasteiger partial charge in [-0.1, -0.05) is 6.58 Å². The van der Waals surface area contributed by atoms with Crippen molar-refractivity contribution in [3.05, 3.63) is 12.3 Å². The molecule has 0 atom stereocenters. The van der Waals surface area contributed by atoms with E-state index >= 15 is 0 Å². The largest absolute Gasteiger partial charge is 0.367 e. The molecule has 0 bridgehead atoms. The van der Waals surface area contributed by atoms with Crippen molar-refractivity contribution in [1.29, 1.82) is 0 Å². The van der Waals surface area contributed by atoms with E-state index in [0.717, 1.165) is 26.2 Å². The van der Waals surface area contributed by atoms with Crippen LogP contribution in [0.2, 0.25) is 0 Å². The smallest absolute Gasteiger partial charge is 0.175 e. The number of rotatable bonds is 2. The highest BCUT2D eigenvalue weighted by Gasteiger charge is 2.16. The van der Waals surface area contributed by atoms with E-state index in [4.69, 9.17) is 0 Å². The molecule has 0 aromatic rings. The quantitative estimate of drug-likeness (QED) is 0.555. The zero-order valence-corrected chi connectivity index (χ0v) is 7.84. The maximum Gasteiger partial charge on any atom is 0.175 e. The van der Waals surface area contributed by atoms with Crippen LogP contribution in [0.5, 0.6) is 0 Å². The third-order valence-electron chi connectivity index (χ3n) is 2.29. The van der Waals surface area contributed by atoms with Crippen LogP contribution in [0.15, 0.2) is 12.3 Å². The van der Waals surface area contributed by atoms with Gasteiger partial charge in [-0.15, -0.1) is 0 Å². The first kappa shape index (κ1) is 9.26. The molecule has 12 heavy (non-hydrogen) atoms. The van der Waals surface area contributed by atoms with Gasteiger partial charge < -0.3 is 9.80 Å². The van der Waals surface area contributed by atoms with Gasteiger partial charge in [-0.05, 0) is 7.05 Å². The maximum absolute atomic E-state index is 11.0. The van der Waals surface area contributed by atoms with Crippen LogP contribution in [0.1, 0.15) is 6.92 Å². The maximum atomic E-state index is 11.0. The van der Waals surface area contributed by atoms with Gasteiger partial charge in [0.05, 0.1) is 5.70 Å². The number of ketones is 1. The lowest BCUT2D eigenvalue weighted by Crippen LogP contribution is -2.44. The van der Waals surface area contributed by atoms with Crippen molar-refractivity contribution in [2.45, 2.75) is 6.92 Å². The minimum Gasteiger partial charge on any atom is -0.367 e. The molecule has 3 nitrogen and oxygen atoms in total. The van der Waals surface area contributed by atoms with E-state index in [1.165, 1.54) is 0 Å². The average Bonchev–Trinajstić information content (AvgIpc) is 2.04. The monoisotopic (exact) mass is 168 g/mol. The lowest BCUT2D eigenvalue weighted by Gasteiger charge is -2.34. The number of hydrogen-bond acceptors (Lipinski definition) is 3. The molecule has 0 unspecified atom stereocenters. The summed E-state index contributed by atoms with van der Waals surface area (Å²) in [5.74, 6) is 0.0829. The minimum absolute atomic E-state index is 0.0829. The van der Waals surface area contributed by atoms with Gasteiger partial charge in [0.2, 0.25) is 0 Å². The van der Waals surface area contributed by atoms with Crippen LogP contribution in [-0.4, -0.2) is 48.8 Å². The fourth-order valence-electron chi connectivity index (χ4n) is 1.30. The molecule has 1 aliphatic heterocycles. The highest BCUT2D eigenvalue weighted by Crippen LogP contribution is 2.06. The Kier molecular flexibility index (Phi) is 2.87. The molecule has 0 spiro atoms. The molecule has 1 aliphatic rings. The van der Waals surface area contributed by atoms with Crippen LogP contribution < -0.4 is 0 Å². The fraction of sp³-hybridized carbons (Fsp3) is 0.667. The van der Waals surface area contributed by atoms with Gasteiger partial charge in [0, 0.05) is 33.1 Å². The van der Waals surface area contributed by atoms with E-state index < -0.39 is 0 Å². The molecule has 0 amide bonds. The van der Waals surface area contributed by atoms with Crippen LogP contribution in [-0.2, 0) is 4.79 Å². The zero-order valence-electron chi connectivity index (χ0n) is 7.84. The predicted octanol–water partition coefficient (Wildman–Crippen LogP) is 0.337. The summed E-state index contributed by atoms with van der Waals surface area (Å²) < 4.78 is 0. The summed E-state index contributed by atoms with van der Waals surface area (Å²) >= 11 is 0. The van der Waals surface area contributed by atoms with Crippen LogP contribution in [0.3, 0.4) is 0 Å². The molecule has 0 radical (unpaired) electrons. The summed E-state index contributed by atoms with van der Waals surface area (Å²) in [5, 5.41) is 0. The minimum atomic E-state index is 0.0829. The number of likely N-dealkylation sites (N-methyl/N-ethyl adjacent to an activating group) is 1. The zero-order chi connectivity index (χ0) is 9.14. The van der Waals surface area contributed by atoms with E-state index in [9.17, 15) is 4.79 Å². The first-order valence-corrected chi connectivity index (χ1v) is 4.24. The van der Waals surface area contributed by atoms with Crippen LogP contribution in [0.25, 0.3) is 0 Å². The molecule has 1 heterocycles. The third kappa shape index (κ3) is 2.08. The summed E-state index contributed by atoms with van der Waals surface area (Å²) in [4.78, 5) is 15.3. The fourth-order valence-corrected chi connectivity index (χ4v) is 1.30. The van der Waals surface area contributed by atoms with Gasteiger partial charge in [0.25, 0.3) is 0 Å². The first-order valence-electron chi connectivity index (χ1n) is 4.24. The Morgan fingerprint density at radius 3 is 2.17 bits per heavy atom. The molecule has 1 rings (SSSR count). The number of Topliss-reactive ketones (excluding diaryl/α,β-unsaturated/α-hetero) is 1. The molecule has 0 saturated carbocycles. The first-order chi connectivity index (χ1) is 5.61. The van der Waals surface area contributed by atoms with E-state index in [0.29, 0.717) is 5.70 Å². The molecule has 1 saturated heterocycles. The molecule has 0 N–H and O–H groups in total. The average molecular weight is 168 g/mol. The normalized spacial score (nSPS) is 19.3. The standard InChI is InChI=1S/C9H16N2O/c1-8(9(2)12)11-6-4-10(3)5-7-11/h1,4-7H2,2-3H3. The molecule has 1 fully saturated rings. The summed E-state index contributed by atoms with van der Waals surface area (Å²) in [5.41, 5.74) is 0.656. The predicted molar refractivity (Wildman–Crippen MR) is 48.9 cm³/mol. The number of hydrogen-bond donors (Lipinski definition) is 0. The van der Waals surface area contributed by atoms with Crippen molar-refractivity contribution in [3.63, 3.8) is 0 Å².